The largest absolute Gasteiger partial charge is 0.355 e. The Morgan fingerprint density at radius 1 is 0.639 bits per heavy atom. The van der Waals surface area contributed by atoms with E-state index in [0.29, 0.717) is 5.41 Å². The molecule has 1 heterocycles. The zero-order chi connectivity index (χ0) is 23.7. The van der Waals surface area contributed by atoms with Crippen LogP contribution >= 0.6 is 11.3 Å². The van der Waals surface area contributed by atoms with Crippen LogP contribution in [0.25, 0.3) is 31.3 Å². The molecular formula is C34H31NS. The Balaban J connectivity index is 1.12. The summed E-state index contributed by atoms with van der Waals surface area (Å²) in [6.07, 6.45) is 8.79. The van der Waals surface area contributed by atoms with E-state index in [1.54, 1.807) is 5.56 Å². The van der Waals surface area contributed by atoms with Crippen molar-refractivity contribution in [1.82, 2.24) is 0 Å². The molecule has 0 saturated heterocycles. The molecule has 0 radical (unpaired) electrons. The normalized spacial score (nSPS) is 26.6. The van der Waals surface area contributed by atoms with Crippen LogP contribution in [-0.4, -0.2) is 0 Å². The summed E-state index contributed by atoms with van der Waals surface area (Å²) in [5.74, 6) is 2.95. The van der Waals surface area contributed by atoms with Crippen LogP contribution in [0.15, 0.2) is 91.0 Å². The van der Waals surface area contributed by atoms with Gasteiger partial charge in [0.1, 0.15) is 0 Å². The number of anilines is 2. The standard InChI is InChI=1S/C34H31NS/c1-3-7-31(35-27-13-14-33-30(18-27)29-6-2-4-8-32(29)36-33)28(5-1)25-9-11-26(12-10-25)34-19-22-15-23(20-34)17-24(16-22)21-34/h1-14,18,22-24,35H,15-17,19-21H2. The van der Waals surface area contributed by atoms with E-state index >= 15 is 0 Å². The molecule has 0 amide bonds. The highest BCUT2D eigenvalue weighted by atomic mass is 32.1. The molecule has 2 heteroatoms. The predicted octanol–water partition coefficient (Wildman–Crippen LogP) is 9.93. The number of nitrogens with one attached hydrogen (secondary N) is 1. The maximum atomic E-state index is 3.75. The van der Waals surface area contributed by atoms with E-state index in [9.17, 15) is 0 Å². The summed E-state index contributed by atoms with van der Waals surface area (Å²) in [7, 11) is 0. The number of fused-ring (bicyclic) bond motifs is 3. The summed E-state index contributed by atoms with van der Waals surface area (Å²) in [6.45, 7) is 0. The van der Waals surface area contributed by atoms with Gasteiger partial charge >= 0.3 is 0 Å². The van der Waals surface area contributed by atoms with Gasteiger partial charge in [-0.2, -0.15) is 0 Å². The Labute approximate surface area is 217 Å². The van der Waals surface area contributed by atoms with Crippen LogP contribution in [0.5, 0.6) is 0 Å². The molecule has 0 unspecified atom stereocenters. The Morgan fingerprint density at radius 2 is 1.31 bits per heavy atom. The molecule has 4 aliphatic carbocycles. The fraction of sp³-hybridized carbons (Fsp3) is 0.294. The average Bonchev–Trinajstić information content (AvgIpc) is 3.26. The first kappa shape index (κ1) is 21.0. The monoisotopic (exact) mass is 485 g/mol. The van der Waals surface area contributed by atoms with Crippen LogP contribution < -0.4 is 5.32 Å². The van der Waals surface area contributed by atoms with Gasteiger partial charge in [-0.15, -0.1) is 11.3 Å². The molecule has 1 nitrogen and oxygen atoms in total. The first-order valence-corrected chi connectivity index (χ1v) is 14.4. The molecular weight excluding hydrogens is 454 g/mol. The lowest BCUT2D eigenvalue weighted by Crippen LogP contribution is -2.48. The minimum atomic E-state index is 0.462. The summed E-state index contributed by atoms with van der Waals surface area (Å²) in [6, 6.07) is 33.9. The summed E-state index contributed by atoms with van der Waals surface area (Å²) >= 11 is 1.87. The minimum absolute atomic E-state index is 0.462. The second kappa shape index (κ2) is 7.95. The second-order valence-electron chi connectivity index (χ2n) is 11.8. The number of benzene rings is 4. The fourth-order valence-electron chi connectivity index (χ4n) is 8.27. The Bertz CT molecular complexity index is 1560. The topological polar surface area (TPSA) is 12.0 Å². The third-order valence-corrected chi connectivity index (χ3v) is 10.6. The quantitative estimate of drug-likeness (QED) is 0.267. The van der Waals surface area contributed by atoms with Crippen LogP contribution in [0, 0.1) is 17.8 Å². The highest BCUT2D eigenvalue weighted by Gasteiger charge is 2.51. The maximum absolute atomic E-state index is 3.75. The molecule has 0 aliphatic heterocycles. The van der Waals surface area contributed by atoms with Crippen molar-refractivity contribution in [3.05, 3.63) is 96.6 Å². The first-order chi connectivity index (χ1) is 17.7. The van der Waals surface area contributed by atoms with E-state index in [0.717, 1.165) is 23.4 Å². The van der Waals surface area contributed by atoms with Gasteiger partial charge < -0.3 is 5.32 Å². The zero-order valence-electron chi connectivity index (χ0n) is 20.5. The van der Waals surface area contributed by atoms with E-state index in [1.165, 1.54) is 75.5 Å². The fourth-order valence-corrected chi connectivity index (χ4v) is 9.36. The van der Waals surface area contributed by atoms with Gasteiger partial charge in [0.15, 0.2) is 0 Å². The number of thiophene rings is 1. The number of hydrogen-bond donors (Lipinski definition) is 1. The van der Waals surface area contributed by atoms with Gasteiger partial charge in [0, 0.05) is 37.1 Å². The van der Waals surface area contributed by atoms with E-state index in [2.05, 4.69) is 96.3 Å². The van der Waals surface area contributed by atoms with Crippen LogP contribution in [0.1, 0.15) is 44.1 Å². The van der Waals surface area contributed by atoms with Crippen molar-refractivity contribution in [3.8, 4) is 11.1 Å². The van der Waals surface area contributed by atoms with Gasteiger partial charge in [-0.1, -0.05) is 60.7 Å². The van der Waals surface area contributed by atoms with Crippen molar-refractivity contribution in [2.45, 2.75) is 43.9 Å². The Morgan fingerprint density at radius 3 is 2.08 bits per heavy atom. The van der Waals surface area contributed by atoms with Gasteiger partial charge in [-0.3, -0.25) is 0 Å². The van der Waals surface area contributed by atoms with Crippen LogP contribution in [0.4, 0.5) is 11.4 Å². The molecule has 1 N–H and O–H groups in total. The summed E-state index contributed by atoms with van der Waals surface area (Å²) in [5, 5.41) is 6.42. The van der Waals surface area contributed by atoms with Gasteiger partial charge in [-0.25, -0.2) is 0 Å². The summed E-state index contributed by atoms with van der Waals surface area (Å²) in [5.41, 5.74) is 6.94. The maximum Gasteiger partial charge on any atom is 0.0463 e. The summed E-state index contributed by atoms with van der Waals surface area (Å²) < 4.78 is 2.69. The molecule has 178 valence electrons. The molecule has 4 aliphatic rings. The number of hydrogen-bond acceptors (Lipinski definition) is 2. The Kier molecular flexibility index (Phi) is 4.64. The van der Waals surface area contributed by atoms with Crippen LogP contribution in [0.3, 0.4) is 0 Å². The molecule has 4 saturated carbocycles. The lowest BCUT2D eigenvalue weighted by atomic mass is 9.48. The first-order valence-electron chi connectivity index (χ1n) is 13.6. The van der Waals surface area contributed by atoms with E-state index in [-0.39, 0.29) is 0 Å². The highest BCUT2D eigenvalue weighted by molar-refractivity contribution is 7.25. The summed E-state index contributed by atoms with van der Waals surface area (Å²) in [4.78, 5) is 0. The van der Waals surface area contributed by atoms with Crippen molar-refractivity contribution in [2.75, 3.05) is 5.32 Å². The lowest BCUT2D eigenvalue weighted by molar-refractivity contribution is -0.00518. The van der Waals surface area contributed by atoms with Crippen molar-refractivity contribution in [2.24, 2.45) is 17.8 Å². The smallest absolute Gasteiger partial charge is 0.0463 e. The highest BCUT2D eigenvalue weighted by Crippen LogP contribution is 2.60. The molecule has 4 aromatic carbocycles. The van der Waals surface area contributed by atoms with Gasteiger partial charge in [0.05, 0.1) is 0 Å². The van der Waals surface area contributed by atoms with Gasteiger partial charge in [0.2, 0.25) is 0 Å². The Hall–Kier alpha value is -3.10. The number of para-hydroxylation sites is 1. The molecule has 4 fully saturated rings. The molecule has 9 rings (SSSR count). The zero-order valence-corrected chi connectivity index (χ0v) is 21.4. The van der Waals surface area contributed by atoms with Gasteiger partial charge in [-0.05, 0) is 103 Å². The van der Waals surface area contributed by atoms with E-state index < -0.39 is 0 Å². The molecule has 0 atom stereocenters. The molecule has 36 heavy (non-hydrogen) atoms. The van der Waals surface area contributed by atoms with Crippen molar-refractivity contribution in [3.63, 3.8) is 0 Å². The molecule has 5 aromatic rings. The lowest BCUT2D eigenvalue weighted by Gasteiger charge is -2.57. The van der Waals surface area contributed by atoms with E-state index in [4.69, 9.17) is 0 Å². The van der Waals surface area contributed by atoms with Crippen molar-refractivity contribution in [1.29, 1.82) is 0 Å². The minimum Gasteiger partial charge on any atom is -0.355 e. The van der Waals surface area contributed by atoms with Crippen LogP contribution in [-0.2, 0) is 5.41 Å². The van der Waals surface area contributed by atoms with Crippen molar-refractivity contribution >= 4 is 42.9 Å². The molecule has 1 aromatic heterocycles. The van der Waals surface area contributed by atoms with Crippen LogP contribution in [0.2, 0.25) is 0 Å². The predicted molar refractivity (Wildman–Crippen MR) is 154 cm³/mol. The second-order valence-corrected chi connectivity index (χ2v) is 12.8. The molecule has 4 bridgehead atoms. The third-order valence-electron chi connectivity index (χ3n) is 9.43. The third kappa shape index (κ3) is 3.34. The van der Waals surface area contributed by atoms with Gasteiger partial charge in [0.25, 0.3) is 0 Å². The van der Waals surface area contributed by atoms with E-state index in [1.807, 2.05) is 11.3 Å². The average molecular weight is 486 g/mol. The number of rotatable bonds is 4. The molecule has 0 spiro atoms. The SMILES string of the molecule is c1ccc(-c2ccc(C34CC5CC(CC(C5)C3)C4)cc2)c(Nc2ccc3sc4ccccc4c3c2)c1. The van der Waals surface area contributed by atoms with Crippen molar-refractivity contribution < 1.29 is 0 Å².